The maximum Gasteiger partial charge on any atom is 0.203 e. The zero-order valence-corrected chi connectivity index (χ0v) is 12.1. The first-order valence-corrected chi connectivity index (χ1v) is 8.14. The summed E-state index contributed by atoms with van der Waals surface area (Å²) in [5, 5.41) is 3.70. The summed E-state index contributed by atoms with van der Waals surface area (Å²) in [6, 6.07) is 1.30. The quantitative estimate of drug-likeness (QED) is 0.875. The highest BCUT2D eigenvalue weighted by Crippen LogP contribution is 2.35. The number of rotatable bonds is 3. The normalized spacial score (nSPS) is 29.3. The van der Waals surface area contributed by atoms with Crippen molar-refractivity contribution < 1.29 is 0 Å². The average Bonchev–Trinajstić information content (AvgIpc) is 2.88. The van der Waals surface area contributed by atoms with E-state index in [2.05, 4.69) is 28.0 Å². The van der Waals surface area contributed by atoms with Gasteiger partial charge in [0.1, 0.15) is 0 Å². The number of nitrogens with one attached hydrogen (secondary N) is 1. The van der Waals surface area contributed by atoms with Gasteiger partial charge in [-0.2, -0.15) is 0 Å². The van der Waals surface area contributed by atoms with E-state index in [0.717, 1.165) is 11.9 Å². The predicted molar refractivity (Wildman–Crippen MR) is 79.4 cm³/mol. The highest BCUT2D eigenvalue weighted by Gasteiger charge is 2.25. The number of anilines is 1. The lowest BCUT2D eigenvalue weighted by molar-refractivity contribution is 0.258. The maximum atomic E-state index is 4.57. The topological polar surface area (TPSA) is 29.9 Å². The van der Waals surface area contributed by atoms with Crippen molar-refractivity contribution in [2.24, 2.45) is 5.92 Å². The SMILES string of the molecule is CC1CCCCC1n1ccnc1NC1CCCCC1. The molecular formula is C16H27N3. The summed E-state index contributed by atoms with van der Waals surface area (Å²) in [5.74, 6) is 1.90. The van der Waals surface area contributed by atoms with Crippen LogP contribution < -0.4 is 5.32 Å². The molecule has 0 amide bonds. The third-order valence-corrected chi connectivity index (χ3v) is 5.03. The van der Waals surface area contributed by atoms with Gasteiger partial charge in [0.15, 0.2) is 0 Å². The summed E-state index contributed by atoms with van der Waals surface area (Å²) in [4.78, 5) is 4.57. The molecule has 0 aromatic carbocycles. The first-order valence-electron chi connectivity index (χ1n) is 8.14. The fourth-order valence-corrected chi connectivity index (χ4v) is 3.83. The molecule has 2 unspecified atom stereocenters. The Bertz CT molecular complexity index is 392. The van der Waals surface area contributed by atoms with E-state index in [9.17, 15) is 0 Å². The van der Waals surface area contributed by atoms with E-state index in [-0.39, 0.29) is 0 Å². The first-order chi connectivity index (χ1) is 9.34. The zero-order chi connectivity index (χ0) is 13.1. The van der Waals surface area contributed by atoms with Gasteiger partial charge in [0.05, 0.1) is 0 Å². The molecule has 2 saturated carbocycles. The molecule has 2 fully saturated rings. The Morgan fingerprint density at radius 2 is 1.79 bits per heavy atom. The van der Waals surface area contributed by atoms with E-state index in [1.165, 1.54) is 57.8 Å². The second kappa shape index (κ2) is 5.98. The van der Waals surface area contributed by atoms with Crippen molar-refractivity contribution in [1.82, 2.24) is 9.55 Å². The van der Waals surface area contributed by atoms with Crippen LogP contribution in [0.2, 0.25) is 0 Å². The van der Waals surface area contributed by atoms with Crippen molar-refractivity contribution >= 4 is 5.95 Å². The summed E-state index contributed by atoms with van der Waals surface area (Å²) < 4.78 is 2.42. The van der Waals surface area contributed by atoms with Gasteiger partial charge in [0, 0.05) is 24.5 Å². The highest BCUT2D eigenvalue weighted by molar-refractivity contribution is 5.29. The molecule has 0 bridgehead atoms. The van der Waals surface area contributed by atoms with Gasteiger partial charge in [-0.1, -0.05) is 39.0 Å². The summed E-state index contributed by atoms with van der Waals surface area (Å²) >= 11 is 0. The standard InChI is InChI=1S/C16H27N3/c1-13-7-5-6-10-15(13)19-12-11-17-16(19)18-14-8-3-2-4-9-14/h11-15H,2-10H2,1H3,(H,17,18). The molecular weight excluding hydrogens is 234 g/mol. The minimum Gasteiger partial charge on any atom is -0.353 e. The Kier molecular flexibility index (Phi) is 4.09. The molecule has 0 saturated heterocycles. The molecule has 2 aliphatic rings. The molecule has 1 aromatic heterocycles. The van der Waals surface area contributed by atoms with Crippen LogP contribution in [0.25, 0.3) is 0 Å². The van der Waals surface area contributed by atoms with Crippen molar-refractivity contribution in [2.75, 3.05) is 5.32 Å². The van der Waals surface area contributed by atoms with Crippen molar-refractivity contribution in [3.05, 3.63) is 12.4 Å². The summed E-state index contributed by atoms with van der Waals surface area (Å²) in [7, 11) is 0. The number of hydrogen-bond acceptors (Lipinski definition) is 2. The largest absolute Gasteiger partial charge is 0.353 e. The third-order valence-electron chi connectivity index (χ3n) is 5.03. The fourth-order valence-electron chi connectivity index (χ4n) is 3.83. The van der Waals surface area contributed by atoms with Crippen molar-refractivity contribution in [3.8, 4) is 0 Å². The van der Waals surface area contributed by atoms with Crippen LogP contribution >= 0.6 is 0 Å². The molecule has 1 aromatic rings. The molecule has 2 atom stereocenters. The smallest absolute Gasteiger partial charge is 0.203 e. The van der Waals surface area contributed by atoms with E-state index in [4.69, 9.17) is 0 Å². The fraction of sp³-hybridized carbons (Fsp3) is 0.812. The van der Waals surface area contributed by atoms with E-state index in [1.807, 2.05) is 6.20 Å². The van der Waals surface area contributed by atoms with Crippen LogP contribution in [0.5, 0.6) is 0 Å². The zero-order valence-electron chi connectivity index (χ0n) is 12.1. The van der Waals surface area contributed by atoms with Gasteiger partial charge in [-0.05, 0) is 31.6 Å². The lowest BCUT2D eigenvalue weighted by Crippen LogP contribution is -2.27. The van der Waals surface area contributed by atoms with Crippen molar-refractivity contribution in [3.63, 3.8) is 0 Å². The minimum absolute atomic E-state index is 0.647. The molecule has 3 nitrogen and oxygen atoms in total. The van der Waals surface area contributed by atoms with Gasteiger partial charge in [-0.15, -0.1) is 0 Å². The minimum atomic E-state index is 0.647. The summed E-state index contributed by atoms with van der Waals surface area (Å²) in [6.07, 6.45) is 16.4. The molecule has 2 aliphatic carbocycles. The molecule has 19 heavy (non-hydrogen) atoms. The van der Waals surface area contributed by atoms with Crippen LogP contribution in [0.4, 0.5) is 5.95 Å². The van der Waals surface area contributed by atoms with Gasteiger partial charge < -0.3 is 9.88 Å². The lowest BCUT2D eigenvalue weighted by atomic mass is 9.86. The van der Waals surface area contributed by atoms with Gasteiger partial charge >= 0.3 is 0 Å². The van der Waals surface area contributed by atoms with Crippen molar-refractivity contribution in [1.29, 1.82) is 0 Å². The van der Waals surface area contributed by atoms with Crippen molar-refractivity contribution in [2.45, 2.75) is 76.8 Å². The third kappa shape index (κ3) is 2.96. The number of nitrogens with zero attached hydrogens (tertiary/aromatic N) is 2. The summed E-state index contributed by atoms with van der Waals surface area (Å²) in [5.41, 5.74) is 0. The Morgan fingerprint density at radius 3 is 2.58 bits per heavy atom. The molecule has 1 N–H and O–H groups in total. The van der Waals surface area contributed by atoms with Crippen LogP contribution in [0.1, 0.15) is 70.8 Å². The maximum absolute atomic E-state index is 4.57. The van der Waals surface area contributed by atoms with E-state index >= 15 is 0 Å². The Hall–Kier alpha value is -0.990. The molecule has 1 heterocycles. The van der Waals surface area contributed by atoms with Crippen LogP contribution in [-0.4, -0.2) is 15.6 Å². The Morgan fingerprint density at radius 1 is 1.05 bits per heavy atom. The molecule has 3 heteroatoms. The number of hydrogen-bond donors (Lipinski definition) is 1. The van der Waals surface area contributed by atoms with Crippen LogP contribution in [0, 0.1) is 5.92 Å². The Labute approximate surface area is 116 Å². The van der Waals surface area contributed by atoms with E-state index < -0.39 is 0 Å². The van der Waals surface area contributed by atoms with Gasteiger partial charge in [0.2, 0.25) is 5.95 Å². The highest BCUT2D eigenvalue weighted by atomic mass is 15.2. The molecule has 0 radical (unpaired) electrons. The monoisotopic (exact) mass is 261 g/mol. The first kappa shape index (κ1) is 13.0. The van der Waals surface area contributed by atoms with Crippen LogP contribution in [0.3, 0.4) is 0 Å². The lowest BCUT2D eigenvalue weighted by Gasteiger charge is -2.32. The molecule has 0 aliphatic heterocycles. The van der Waals surface area contributed by atoms with E-state index in [0.29, 0.717) is 12.1 Å². The summed E-state index contributed by atoms with van der Waals surface area (Å²) in [6.45, 7) is 2.40. The second-order valence-corrected chi connectivity index (χ2v) is 6.47. The van der Waals surface area contributed by atoms with Gasteiger partial charge in [-0.3, -0.25) is 0 Å². The van der Waals surface area contributed by atoms with Gasteiger partial charge in [-0.25, -0.2) is 4.98 Å². The Balaban J connectivity index is 1.70. The number of imidazole rings is 1. The predicted octanol–water partition coefficient (Wildman–Crippen LogP) is 4.38. The molecule has 3 rings (SSSR count). The van der Waals surface area contributed by atoms with Crippen LogP contribution in [-0.2, 0) is 0 Å². The molecule has 0 spiro atoms. The van der Waals surface area contributed by atoms with Gasteiger partial charge in [0.25, 0.3) is 0 Å². The second-order valence-electron chi connectivity index (χ2n) is 6.47. The average molecular weight is 261 g/mol. The van der Waals surface area contributed by atoms with Crippen LogP contribution in [0.15, 0.2) is 12.4 Å². The number of aromatic nitrogens is 2. The van der Waals surface area contributed by atoms with E-state index in [1.54, 1.807) is 0 Å². The molecule has 106 valence electrons.